The number of imide groups is 1. The highest BCUT2D eigenvalue weighted by Gasteiger charge is 2.37. The molecule has 0 radical (unpaired) electrons. The number of rotatable bonds is 8. The summed E-state index contributed by atoms with van der Waals surface area (Å²) in [6, 6.07) is 11.8. The fourth-order valence-corrected chi connectivity index (χ4v) is 5.37. The van der Waals surface area contributed by atoms with Crippen LogP contribution in [0.4, 0.5) is 4.79 Å². The summed E-state index contributed by atoms with van der Waals surface area (Å²) in [5.74, 6) is 0.452. The predicted octanol–water partition coefficient (Wildman–Crippen LogP) is 4.47. The first-order chi connectivity index (χ1) is 17.4. The first-order valence-corrected chi connectivity index (χ1v) is 13.5. The Hall–Kier alpha value is -2.57. The first-order valence-electron chi connectivity index (χ1n) is 11.6. The monoisotopic (exact) mass is 622 g/mol. The SMILES string of the molecule is CCOc1cc(/C=C2/SC(=O)N(CC(=O)N3CCOCC3)C2=O)cc(I)c1OCc1ccc(C)cc1. The number of amides is 3. The maximum atomic E-state index is 12.9. The summed E-state index contributed by atoms with van der Waals surface area (Å²) in [7, 11) is 0. The lowest BCUT2D eigenvalue weighted by molar-refractivity contribution is -0.139. The van der Waals surface area contributed by atoms with E-state index in [2.05, 4.69) is 22.6 Å². The van der Waals surface area contributed by atoms with Gasteiger partial charge in [0.05, 0.1) is 28.3 Å². The normalized spacial score (nSPS) is 17.1. The lowest BCUT2D eigenvalue weighted by Crippen LogP contribution is -2.46. The molecule has 2 aromatic carbocycles. The van der Waals surface area contributed by atoms with Crippen LogP contribution in [0.3, 0.4) is 0 Å². The molecular formula is C26H27IN2O6S. The van der Waals surface area contributed by atoms with E-state index in [4.69, 9.17) is 14.2 Å². The van der Waals surface area contributed by atoms with Crippen LogP contribution in [0.2, 0.25) is 0 Å². The summed E-state index contributed by atoms with van der Waals surface area (Å²) >= 11 is 3.01. The van der Waals surface area contributed by atoms with Gasteiger partial charge < -0.3 is 19.1 Å². The minimum Gasteiger partial charge on any atom is -0.490 e. The van der Waals surface area contributed by atoms with Gasteiger partial charge in [-0.25, -0.2) is 0 Å². The van der Waals surface area contributed by atoms with E-state index in [0.717, 1.165) is 25.8 Å². The number of halogens is 1. The molecule has 0 aromatic heterocycles. The molecule has 2 aromatic rings. The number of thioether (sulfide) groups is 1. The van der Waals surface area contributed by atoms with Crippen LogP contribution in [0.25, 0.3) is 6.08 Å². The van der Waals surface area contributed by atoms with Crippen molar-refractivity contribution in [3.63, 3.8) is 0 Å². The third-order valence-electron chi connectivity index (χ3n) is 5.66. The van der Waals surface area contributed by atoms with Crippen LogP contribution in [0.15, 0.2) is 41.3 Å². The Morgan fingerprint density at radius 2 is 1.86 bits per heavy atom. The molecule has 0 saturated carbocycles. The molecule has 0 aliphatic carbocycles. The zero-order valence-electron chi connectivity index (χ0n) is 20.1. The topological polar surface area (TPSA) is 85.4 Å². The van der Waals surface area contributed by atoms with Crippen molar-refractivity contribution in [2.24, 2.45) is 0 Å². The van der Waals surface area contributed by atoms with Gasteiger partial charge in [0, 0.05) is 13.1 Å². The Morgan fingerprint density at radius 3 is 2.56 bits per heavy atom. The molecule has 2 fully saturated rings. The van der Waals surface area contributed by atoms with Crippen LogP contribution < -0.4 is 9.47 Å². The van der Waals surface area contributed by atoms with Gasteiger partial charge in [-0.2, -0.15) is 0 Å². The second-order valence-corrected chi connectivity index (χ2v) is 10.5. The minimum atomic E-state index is -0.473. The van der Waals surface area contributed by atoms with Crippen LogP contribution >= 0.6 is 34.4 Å². The van der Waals surface area contributed by atoms with Crippen molar-refractivity contribution in [3.05, 3.63) is 61.6 Å². The Bertz CT molecular complexity index is 1180. The second kappa shape index (κ2) is 12.1. The number of aryl methyl sites for hydroxylation is 1. The molecule has 190 valence electrons. The number of nitrogens with zero attached hydrogens (tertiary/aromatic N) is 2. The molecule has 10 heteroatoms. The number of carbonyl (C=O) groups excluding carboxylic acids is 3. The molecular weight excluding hydrogens is 595 g/mol. The molecule has 0 unspecified atom stereocenters. The van der Waals surface area contributed by atoms with E-state index >= 15 is 0 Å². The molecule has 0 bridgehead atoms. The second-order valence-electron chi connectivity index (χ2n) is 8.30. The highest BCUT2D eigenvalue weighted by Crippen LogP contribution is 2.38. The third kappa shape index (κ3) is 6.40. The summed E-state index contributed by atoms with van der Waals surface area (Å²) in [6.45, 7) is 6.33. The maximum Gasteiger partial charge on any atom is 0.294 e. The number of hydrogen-bond donors (Lipinski definition) is 0. The zero-order valence-corrected chi connectivity index (χ0v) is 23.1. The largest absolute Gasteiger partial charge is 0.490 e. The van der Waals surface area contributed by atoms with Gasteiger partial charge >= 0.3 is 0 Å². The van der Waals surface area contributed by atoms with Crippen LogP contribution in [0.1, 0.15) is 23.6 Å². The standard InChI is InChI=1S/C26H27IN2O6S/c1-3-34-21-13-19(12-20(27)24(21)35-16-18-6-4-17(2)5-7-18)14-22-25(31)29(26(32)36-22)15-23(30)28-8-10-33-11-9-28/h4-7,12-14H,3,8-11,15-16H2,1-2H3/b22-14+. The van der Waals surface area contributed by atoms with Crippen LogP contribution in [0.5, 0.6) is 11.5 Å². The Balaban J connectivity index is 1.50. The number of benzene rings is 2. The smallest absolute Gasteiger partial charge is 0.294 e. The Labute approximate surface area is 228 Å². The van der Waals surface area contributed by atoms with E-state index in [9.17, 15) is 14.4 Å². The molecule has 2 aliphatic rings. The highest BCUT2D eigenvalue weighted by molar-refractivity contribution is 14.1. The lowest BCUT2D eigenvalue weighted by atomic mass is 10.1. The Morgan fingerprint density at radius 1 is 1.14 bits per heavy atom. The summed E-state index contributed by atoms with van der Waals surface area (Å²) in [4.78, 5) is 40.9. The van der Waals surface area contributed by atoms with Crippen molar-refractivity contribution in [3.8, 4) is 11.5 Å². The fourth-order valence-electron chi connectivity index (χ4n) is 3.75. The predicted molar refractivity (Wildman–Crippen MR) is 146 cm³/mol. The zero-order chi connectivity index (χ0) is 25.7. The molecule has 8 nitrogen and oxygen atoms in total. The van der Waals surface area contributed by atoms with Crippen LogP contribution in [0, 0.1) is 10.5 Å². The average molecular weight is 622 g/mol. The van der Waals surface area contributed by atoms with Gasteiger partial charge in [-0.15, -0.1) is 0 Å². The molecule has 0 spiro atoms. The van der Waals surface area contributed by atoms with Gasteiger partial charge in [0.2, 0.25) is 5.91 Å². The van der Waals surface area contributed by atoms with Crippen LogP contribution in [-0.4, -0.2) is 66.3 Å². The summed E-state index contributed by atoms with van der Waals surface area (Å²) in [5.41, 5.74) is 2.93. The van der Waals surface area contributed by atoms with E-state index in [0.29, 0.717) is 56.6 Å². The van der Waals surface area contributed by atoms with Crippen molar-refractivity contribution in [1.82, 2.24) is 9.80 Å². The molecule has 2 heterocycles. The molecule has 3 amide bonds. The van der Waals surface area contributed by atoms with Crippen molar-refractivity contribution in [2.45, 2.75) is 20.5 Å². The van der Waals surface area contributed by atoms with Gasteiger partial charge in [-0.05, 0) is 77.5 Å². The fraction of sp³-hybridized carbons (Fsp3) is 0.346. The van der Waals surface area contributed by atoms with E-state index in [-0.39, 0.29) is 17.4 Å². The van der Waals surface area contributed by atoms with Crippen LogP contribution in [-0.2, 0) is 20.9 Å². The van der Waals surface area contributed by atoms with Gasteiger partial charge in [0.1, 0.15) is 13.2 Å². The summed E-state index contributed by atoms with van der Waals surface area (Å²) in [5, 5.41) is -0.453. The van der Waals surface area contributed by atoms with Crippen molar-refractivity contribution in [1.29, 1.82) is 0 Å². The first kappa shape index (κ1) is 26.5. The molecule has 4 rings (SSSR count). The average Bonchev–Trinajstić information content (AvgIpc) is 3.12. The highest BCUT2D eigenvalue weighted by atomic mass is 127. The molecule has 2 saturated heterocycles. The number of morpholine rings is 1. The van der Waals surface area contributed by atoms with Gasteiger partial charge in [0.25, 0.3) is 11.1 Å². The van der Waals surface area contributed by atoms with Crippen molar-refractivity contribution >= 4 is 57.5 Å². The van der Waals surface area contributed by atoms with Gasteiger partial charge in [0.15, 0.2) is 11.5 Å². The molecule has 2 aliphatic heterocycles. The summed E-state index contributed by atoms with van der Waals surface area (Å²) < 4.78 is 18.0. The maximum absolute atomic E-state index is 12.9. The Kier molecular flexibility index (Phi) is 8.91. The molecule has 36 heavy (non-hydrogen) atoms. The lowest BCUT2D eigenvalue weighted by Gasteiger charge is -2.28. The van der Waals surface area contributed by atoms with E-state index in [1.165, 1.54) is 5.56 Å². The third-order valence-corrected chi connectivity index (χ3v) is 7.37. The molecule has 0 atom stereocenters. The van der Waals surface area contributed by atoms with E-state index < -0.39 is 11.1 Å². The van der Waals surface area contributed by atoms with Gasteiger partial charge in [-0.1, -0.05) is 29.8 Å². The number of carbonyl (C=O) groups is 3. The van der Waals surface area contributed by atoms with Crippen molar-refractivity contribution in [2.75, 3.05) is 39.5 Å². The molecule has 0 N–H and O–H groups in total. The number of ether oxygens (including phenoxy) is 3. The number of hydrogen-bond acceptors (Lipinski definition) is 7. The van der Waals surface area contributed by atoms with E-state index in [1.807, 2.05) is 44.2 Å². The van der Waals surface area contributed by atoms with Crippen molar-refractivity contribution < 1.29 is 28.6 Å². The van der Waals surface area contributed by atoms with E-state index in [1.54, 1.807) is 17.0 Å². The summed E-state index contributed by atoms with van der Waals surface area (Å²) in [6.07, 6.45) is 1.65. The quantitative estimate of drug-likeness (QED) is 0.317. The van der Waals surface area contributed by atoms with Gasteiger partial charge in [-0.3, -0.25) is 19.3 Å². The minimum absolute atomic E-state index is 0.259.